The average molecular weight is 447 g/mol. The number of nitrogens with one attached hydrogen (secondary N) is 1. The summed E-state index contributed by atoms with van der Waals surface area (Å²) in [6.45, 7) is 6.48. The molecule has 0 bridgehead atoms. The lowest BCUT2D eigenvalue weighted by Crippen LogP contribution is -2.45. The highest BCUT2D eigenvalue weighted by molar-refractivity contribution is 5.93. The van der Waals surface area contributed by atoms with E-state index >= 15 is 0 Å². The third kappa shape index (κ3) is 4.42. The third-order valence-electron chi connectivity index (χ3n) is 5.54. The minimum absolute atomic E-state index is 0.128. The smallest absolute Gasteiger partial charge is 0.273 e. The van der Waals surface area contributed by atoms with E-state index in [4.69, 9.17) is 9.26 Å². The van der Waals surface area contributed by atoms with Crippen molar-refractivity contribution in [3.8, 4) is 11.3 Å². The topological polar surface area (TPSA) is 111 Å². The zero-order valence-electron chi connectivity index (χ0n) is 18.5. The fourth-order valence-corrected chi connectivity index (χ4v) is 4.13. The predicted octanol–water partition coefficient (Wildman–Crippen LogP) is 2.52. The molecule has 1 N–H and O–H groups in total. The Hall–Kier alpha value is -3.79. The highest BCUT2D eigenvalue weighted by atomic mass is 16.5. The van der Waals surface area contributed by atoms with E-state index in [9.17, 15) is 4.79 Å². The van der Waals surface area contributed by atoms with Gasteiger partial charge in [-0.25, -0.2) is 14.6 Å². The second-order valence-corrected chi connectivity index (χ2v) is 8.16. The molecular weight excluding hydrogens is 422 g/mol. The summed E-state index contributed by atoms with van der Waals surface area (Å²) >= 11 is 0. The molecule has 0 radical (unpaired) electrons. The van der Waals surface area contributed by atoms with Crippen molar-refractivity contribution in [3.05, 3.63) is 54.6 Å². The minimum Gasteiger partial charge on any atom is -0.372 e. The first-order valence-electron chi connectivity index (χ1n) is 11.0. The van der Waals surface area contributed by atoms with Crippen LogP contribution in [0.5, 0.6) is 0 Å². The summed E-state index contributed by atoms with van der Waals surface area (Å²) in [6, 6.07) is 11.2. The van der Waals surface area contributed by atoms with E-state index in [1.54, 1.807) is 23.3 Å². The molecule has 1 aliphatic rings. The van der Waals surface area contributed by atoms with Crippen molar-refractivity contribution in [1.82, 2.24) is 30.2 Å². The molecule has 33 heavy (non-hydrogen) atoms. The van der Waals surface area contributed by atoms with Crippen LogP contribution in [0.3, 0.4) is 0 Å². The molecule has 0 saturated carbocycles. The summed E-state index contributed by atoms with van der Waals surface area (Å²) in [5.41, 5.74) is 1.83. The van der Waals surface area contributed by atoms with Gasteiger partial charge in [-0.1, -0.05) is 35.5 Å². The molecule has 2 atom stereocenters. The number of rotatable bonds is 6. The van der Waals surface area contributed by atoms with Gasteiger partial charge < -0.3 is 19.5 Å². The van der Waals surface area contributed by atoms with Crippen LogP contribution in [-0.4, -0.2) is 62.7 Å². The average Bonchev–Trinajstić information content (AvgIpc) is 3.47. The lowest BCUT2D eigenvalue weighted by atomic mass is 10.1. The molecule has 3 aromatic heterocycles. The first-order valence-corrected chi connectivity index (χ1v) is 11.0. The van der Waals surface area contributed by atoms with Crippen LogP contribution in [0.25, 0.3) is 22.4 Å². The lowest BCUT2D eigenvalue weighted by Gasteiger charge is -2.36. The van der Waals surface area contributed by atoms with Gasteiger partial charge in [0.05, 0.1) is 30.3 Å². The predicted molar refractivity (Wildman–Crippen MR) is 122 cm³/mol. The van der Waals surface area contributed by atoms with Crippen LogP contribution in [0.1, 0.15) is 24.3 Å². The second kappa shape index (κ2) is 8.99. The molecular formula is C23H25N7O3. The maximum Gasteiger partial charge on any atom is 0.273 e. The fourth-order valence-electron chi connectivity index (χ4n) is 4.13. The molecule has 4 aromatic rings. The van der Waals surface area contributed by atoms with E-state index in [-0.39, 0.29) is 23.8 Å². The number of anilines is 1. The molecule has 5 rings (SSSR count). The van der Waals surface area contributed by atoms with Gasteiger partial charge in [-0.15, -0.1) is 0 Å². The SMILES string of the molecule is C[C@@H]1CN(c2ncnc3c2cnn3CCNC(=O)c2cc(-c3ccccc3)on2)C[C@H](C)O1. The van der Waals surface area contributed by atoms with Gasteiger partial charge in [-0.3, -0.25) is 4.79 Å². The molecule has 10 nitrogen and oxygen atoms in total. The van der Waals surface area contributed by atoms with Gasteiger partial charge in [0.2, 0.25) is 0 Å². The Kier molecular flexibility index (Phi) is 5.74. The van der Waals surface area contributed by atoms with Gasteiger partial charge in [0.15, 0.2) is 17.1 Å². The summed E-state index contributed by atoms with van der Waals surface area (Å²) in [6.07, 6.45) is 3.59. The monoisotopic (exact) mass is 447 g/mol. The Bertz CT molecular complexity index is 1240. The van der Waals surface area contributed by atoms with Gasteiger partial charge in [0.1, 0.15) is 12.1 Å². The number of hydrogen-bond donors (Lipinski definition) is 1. The van der Waals surface area contributed by atoms with E-state index in [0.717, 1.165) is 35.5 Å². The van der Waals surface area contributed by atoms with E-state index in [2.05, 4.69) is 44.3 Å². The number of carbonyl (C=O) groups excluding carboxylic acids is 1. The van der Waals surface area contributed by atoms with Crippen molar-refractivity contribution >= 4 is 22.8 Å². The van der Waals surface area contributed by atoms with Gasteiger partial charge in [0.25, 0.3) is 5.91 Å². The number of benzene rings is 1. The van der Waals surface area contributed by atoms with Gasteiger partial charge in [-0.2, -0.15) is 5.10 Å². The zero-order chi connectivity index (χ0) is 22.8. The zero-order valence-corrected chi connectivity index (χ0v) is 18.5. The first-order chi connectivity index (χ1) is 16.1. The van der Waals surface area contributed by atoms with Gasteiger partial charge in [0, 0.05) is 31.3 Å². The van der Waals surface area contributed by atoms with Crippen LogP contribution in [-0.2, 0) is 11.3 Å². The summed E-state index contributed by atoms with van der Waals surface area (Å²) in [7, 11) is 0. The number of ether oxygens (including phenoxy) is 1. The molecule has 1 aliphatic heterocycles. The summed E-state index contributed by atoms with van der Waals surface area (Å²) in [4.78, 5) is 23.6. The van der Waals surface area contributed by atoms with Gasteiger partial charge in [-0.05, 0) is 13.8 Å². The summed E-state index contributed by atoms with van der Waals surface area (Å²) in [5.74, 6) is 1.10. The van der Waals surface area contributed by atoms with E-state index in [0.29, 0.717) is 18.8 Å². The van der Waals surface area contributed by atoms with Crippen LogP contribution in [0, 0.1) is 0 Å². The van der Waals surface area contributed by atoms with E-state index in [1.807, 2.05) is 30.3 Å². The normalized spacial score (nSPS) is 18.5. The summed E-state index contributed by atoms with van der Waals surface area (Å²) < 4.78 is 12.9. The molecule has 10 heteroatoms. The first kappa shape index (κ1) is 21.1. The molecule has 170 valence electrons. The van der Waals surface area contributed by atoms with Crippen LogP contribution in [0.15, 0.2) is 53.4 Å². The number of nitrogens with zero attached hydrogens (tertiary/aromatic N) is 6. The van der Waals surface area contributed by atoms with Crippen molar-refractivity contribution in [3.63, 3.8) is 0 Å². The quantitative estimate of drug-likeness (QED) is 0.480. The Morgan fingerprint density at radius 2 is 1.94 bits per heavy atom. The highest BCUT2D eigenvalue weighted by Crippen LogP contribution is 2.25. The Morgan fingerprint density at radius 3 is 2.73 bits per heavy atom. The number of fused-ring (bicyclic) bond motifs is 1. The number of aromatic nitrogens is 5. The van der Waals surface area contributed by atoms with Gasteiger partial charge >= 0.3 is 0 Å². The minimum atomic E-state index is -0.302. The Labute approximate surface area is 190 Å². The second-order valence-electron chi connectivity index (χ2n) is 8.16. The summed E-state index contributed by atoms with van der Waals surface area (Å²) in [5, 5.41) is 12.1. The maximum atomic E-state index is 12.5. The van der Waals surface area contributed by atoms with Crippen molar-refractivity contribution in [2.75, 3.05) is 24.5 Å². The molecule has 1 fully saturated rings. The highest BCUT2D eigenvalue weighted by Gasteiger charge is 2.25. The van der Waals surface area contributed by atoms with Crippen molar-refractivity contribution < 1.29 is 14.1 Å². The van der Waals surface area contributed by atoms with Crippen molar-refractivity contribution in [1.29, 1.82) is 0 Å². The maximum absolute atomic E-state index is 12.5. The van der Waals surface area contributed by atoms with Crippen LogP contribution in [0.2, 0.25) is 0 Å². The fraction of sp³-hybridized carbons (Fsp3) is 0.348. The third-order valence-corrected chi connectivity index (χ3v) is 5.54. The molecule has 1 aromatic carbocycles. The lowest BCUT2D eigenvalue weighted by molar-refractivity contribution is -0.00537. The van der Waals surface area contributed by atoms with Crippen molar-refractivity contribution in [2.45, 2.75) is 32.6 Å². The van der Waals surface area contributed by atoms with Crippen LogP contribution >= 0.6 is 0 Å². The Balaban J connectivity index is 1.24. The van der Waals surface area contributed by atoms with Crippen LogP contribution in [0.4, 0.5) is 5.82 Å². The standard InChI is InChI=1S/C23H25N7O3/c1-15-12-29(13-16(2)32-15)21-18-11-27-30(22(18)26-14-25-21)9-8-24-23(31)19-10-20(33-28-19)17-6-4-3-5-7-17/h3-7,10-11,14-16H,8-9,12-13H2,1-2H3,(H,24,31)/t15-,16+. The molecule has 4 heterocycles. The molecule has 1 amide bonds. The number of morpholine rings is 1. The molecule has 0 unspecified atom stereocenters. The van der Waals surface area contributed by atoms with E-state index in [1.165, 1.54) is 0 Å². The number of hydrogen-bond acceptors (Lipinski definition) is 8. The van der Waals surface area contributed by atoms with Crippen molar-refractivity contribution in [2.24, 2.45) is 0 Å². The van der Waals surface area contributed by atoms with E-state index < -0.39 is 0 Å². The Morgan fingerprint density at radius 1 is 1.15 bits per heavy atom. The number of carbonyl (C=O) groups is 1. The molecule has 0 spiro atoms. The van der Waals surface area contributed by atoms with Crippen LogP contribution < -0.4 is 10.2 Å². The number of amides is 1. The molecule has 1 saturated heterocycles. The largest absolute Gasteiger partial charge is 0.372 e. The molecule has 0 aliphatic carbocycles.